The van der Waals surface area contributed by atoms with Crippen molar-refractivity contribution >= 4 is 11.7 Å². The van der Waals surface area contributed by atoms with Crippen LogP contribution in [0, 0.1) is 0 Å². The topological polar surface area (TPSA) is 46.6 Å². The molecule has 1 amide bonds. The summed E-state index contributed by atoms with van der Waals surface area (Å²) in [6.07, 6.45) is 1.70. The van der Waals surface area contributed by atoms with Crippen LogP contribution >= 0.6 is 0 Å². The van der Waals surface area contributed by atoms with Gasteiger partial charge in [-0.25, -0.2) is 0 Å². The van der Waals surface area contributed by atoms with E-state index in [-0.39, 0.29) is 24.4 Å². The van der Waals surface area contributed by atoms with Gasteiger partial charge >= 0.3 is 0 Å². The molecule has 19 heavy (non-hydrogen) atoms. The maximum atomic E-state index is 12.2. The Morgan fingerprint density at radius 1 is 1.21 bits per heavy atom. The molecule has 102 valence electrons. The molecule has 1 fully saturated rings. The smallest absolute Gasteiger partial charge is 0.253 e. The second kappa shape index (κ2) is 6.48. The summed E-state index contributed by atoms with van der Waals surface area (Å²) in [5.74, 6) is 0.119. The minimum atomic E-state index is 0.0443. The lowest BCUT2D eigenvalue weighted by atomic mass is 10.1. The van der Waals surface area contributed by atoms with Crippen molar-refractivity contribution in [1.82, 2.24) is 4.90 Å². The summed E-state index contributed by atoms with van der Waals surface area (Å²) < 4.78 is 5.49. The van der Waals surface area contributed by atoms with Crippen LogP contribution in [0.2, 0.25) is 0 Å². The number of benzene rings is 1. The van der Waals surface area contributed by atoms with Crippen LogP contribution in [0.25, 0.3) is 0 Å². The van der Waals surface area contributed by atoms with Crippen LogP contribution in [0.3, 0.4) is 0 Å². The van der Waals surface area contributed by atoms with E-state index in [0.717, 1.165) is 18.4 Å². The lowest BCUT2D eigenvalue weighted by Gasteiger charge is -2.31. The zero-order chi connectivity index (χ0) is 13.7. The number of hydrogen-bond acceptors (Lipinski definition) is 3. The quantitative estimate of drug-likeness (QED) is 0.831. The number of carbonyl (C=O) groups excluding carboxylic acids is 2. The number of ether oxygens (including phenoxy) is 1. The zero-order valence-electron chi connectivity index (χ0n) is 11.2. The van der Waals surface area contributed by atoms with E-state index < -0.39 is 0 Å². The molecule has 0 atom stereocenters. The van der Waals surface area contributed by atoms with Crippen molar-refractivity contribution < 1.29 is 14.3 Å². The highest BCUT2D eigenvalue weighted by atomic mass is 16.5. The van der Waals surface area contributed by atoms with Crippen molar-refractivity contribution in [3.05, 3.63) is 35.9 Å². The Bertz CT molecular complexity index is 436. The number of rotatable bonds is 4. The van der Waals surface area contributed by atoms with Crippen LogP contribution in [0.15, 0.2) is 30.3 Å². The van der Waals surface area contributed by atoms with Gasteiger partial charge in [0.1, 0.15) is 6.61 Å². The third-order valence-corrected chi connectivity index (χ3v) is 3.27. The molecule has 1 heterocycles. The standard InChI is InChI=1S/C15H19NO3/c1-12(17)11-19-14-7-9-16(10-8-14)15(18)13-5-3-2-4-6-13/h2-6,14H,7-11H2,1H3. The largest absolute Gasteiger partial charge is 0.370 e. The summed E-state index contributed by atoms with van der Waals surface area (Å²) in [6, 6.07) is 9.31. The van der Waals surface area contributed by atoms with Gasteiger partial charge in [-0.3, -0.25) is 9.59 Å². The first kappa shape index (κ1) is 13.7. The van der Waals surface area contributed by atoms with Gasteiger partial charge in [0, 0.05) is 18.7 Å². The summed E-state index contributed by atoms with van der Waals surface area (Å²) in [5, 5.41) is 0. The average Bonchev–Trinajstić information content (AvgIpc) is 2.46. The number of piperidine rings is 1. The van der Waals surface area contributed by atoms with Crippen LogP contribution in [0.5, 0.6) is 0 Å². The second-order valence-electron chi connectivity index (χ2n) is 4.87. The summed E-state index contributed by atoms with van der Waals surface area (Å²) in [6.45, 7) is 3.08. The molecule has 2 rings (SSSR count). The first-order chi connectivity index (χ1) is 9.16. The van der Waals surface area contributed by atoms with Crippen LogP contribution < -0.4 is 0 Å². The molecule has 1 aromatic rings. The van der Waals surface area contributed by atoms with Gasteiger partial charge in [0.2, 0.25) is 0 Å². The van der Waals surface area contributed by atoms with Gasteiger partial charge in [0.15, 0.2) is 5.78 Å². The second-order valence-corrected chi connectivity index (χ2v) is 4.87. The molecule has 1 aliphatic rings. The highest BCUT2D eigenvalue weighted by Crippen LogP contribution is 2.16. The summed E-state index contributed by atoms with van der Waals surface area (Å²) in [4.78, 5) is 24.9. The molecule has 0 spiro atoms. The lowest BCUT2D eigenvalue weighted by molar-refractivity contribution is -0.124. The molecule has 0 aromatic heterocycles. The summed E-state index contributed by atoms with van der Waals surface area (Å²) in [5.41, 5.74) is 0.727. The minimum Gasteiger partial charge on any atom is -0.370 e. The highest BCUT2D eigenvalue weighted by molar-refractivity contribution is 5.94. The Balaban J connectivity index is 1.83. The van der Waals surface area contributed by atoms with Crippen molar-refractivity contribution in [3.63, 3.8) is 0 Å². The number of ketones is 1. The summed E-state index contributed by atoms with van der Waals surface area (Å²) in [7, 11) is 0. The average molecular weight is 261 g/mol. The van der Waals surface area contributed by atoms with Crippen molar-refractivity contribution in [2.75, 3.05) is 19.7 Å². The Hall–Kier alpha value is -1.68. The van der Waals surface area contributed by atoms with E-state index in [0.29, 0.717) is 13.1 Å². The minimum absolute atomic E-state index is 0.0443. The number of amides is 1. The molecule has 0 bridgehead atoms. The lowest BCUT2D eigenvalue weighted by Crippen LogP contribution is -2.41. The molecule has 0 unspecified atom stereocenters. The molecular weight excluding hydrogens is 242 g/mol. The summed E-state index contributed by atoms with van der Waals surface area (Å²) >= 11 is 0. The third-order valence-electron chi connectivity index (χ3n) is 3.27. The van der Waals surface area contributed by atoms with E-state index in [9.17, 15) is 9.59 Å². The molecule has 1 aliphatic heterocycles. The molecule has 0 radical (unpaired) electrons. The molecule has 1 aromatic carbocycles. The van der Waals surface area contributed by atoms with Crippen LogP contribution in [-0.2, 0) is 9.53 Å². The van der Waals surface area contributed by atoms with Crippen LogP contribution in [-0.4, -0.2) is 42.4 Å². The van der Waals surface area contributed by atoms with Gasteiger partial charge in [-0.1, -0.05) is 18.2 Å². The maximum absolute atomic E-state index is 12.2. The first-order valence-corrected chi connectivity index (χ1v) is 6.62. The van der Waals surface area contributed by atoms with E-state index in [2.05, 4.69) is 0 Å². The molecule has 0 N–H and O–H groups in total. The number of likely N-dealkylation sites (tertiary alicyclic amines) is 1. The number of carbonyl (C=O) groups is 2. The fourth-order valence-corrected chi connectivity index (χ4v) is 2.22. The Morgan fingerprint density at radius 2 is 1.84 bits per heavy atom. The van der Waals surface area contributed by atoms with E-state index >= 15 is 0 Å². The molecular formula is C15H19NO3. The van der Waals surface area contributed by atoms with Gasteiger partial charge in [0.25, 0.3) is 5.91 Å². The molecule has 0 saturated carbocycles. The number of hydrogen-bond donors (Lipinski definition) is 0. The van der Waals surface area contributed by atoms with Crippen LogP contribution in [0.1, 0.15) is 30.1 Å². The van der Waals surface area contributed by atoms with E-state index in [1.54, 1.807) is 0 Å². The molecule has 4 nitrogen and oxygen atoms in total. The predicted molar refractivity (Wildman–Crippen MR) is 72.0 cm³/mol. The van der Waals surface area contributed by atoms with E-state index in [1.807, 2.05) is 35.2 Å². The molecule has 1 saturated heterocycles. The van der Waals surface area contributed by atoms with Gasteiger partial charge in [0.05, 0.1) is 6.10 Å². The van der Waals surface area contributed by atoms with Gasteiger partial charge in [-0.15, -0.1) is 0 Å². The maximum Gasteiger partial charge on any atom is 0.253 e. The van der Waals surface area contributed by atoms with E-state index in [1.165, 1.54) is 6.92 Å². The van der Waals surface area contributed by atoms with Crippen molar-refractivity contribution in [1.29, 1.82) is 0 Å². The normalized spacial score (nSPS) is 16.4. The Morgan fingerprint density at radius 3 is 2.42 bits per heavy atom. The zero-order valence-corrected chi connectivity index (χ0v) is 11.2. The Kier molecular flexibility index (Phi) is 4.68. The fraction of sp³-hybridized carbons (Fsp3) is 0.467. The Labute approximate surface area is 113 Å². The first-order valence-electron chi connectivity index (χ1n) is 6.62. The van der Waals surface area contributed by atoms with E-state index in [4.69, 9.17) is 4.74 Å². The predicted octanol–water partition coefficient (Wildman–Crippen LogP) is 1.90. The fourth-order valence-electron chi connectivity index (χ4n) is 2.22. The molecule has 0 aliphatic carbocycles. The molecule has 4 heteroatoms. The highest BCUT2D eigenvalue weighted by Gasteiger charge is 2.23. The monoisotopic (exact) mass is 261 g/mol. The van der Waals surface area contributed by atoms with Crippen molar-refractivity contribution in [2.45, 2.75) is 25.9 Å². The van der Waals surface area contributed by atoms with Crippen molar-refractivity contribution in [3.8, 4) is 0 Å². The third kappa shape index (κ3) is 3.89. The number of Topliss-reactive ketones (excluding diaryl/α,β-unsaturated/α-hetero) is 1. The number of nitrogens with zero attached hydrogens (tertiary/aromatic N) is 1. The van der Waals surface area contributed by atoms with Crippen molar-refractivity contribution in [2.24, 2.45) is 0 Å². The van der Waals surface area contributed by atoms with Gasteiger partial charge in [-0.2, -0.15) is 0 Å². The van der Waals surface area contributed by atoms with Gasteiger partial charge in [-0.05, 0) is 31.9 Å². The SMILES string of the molecule is CC(=O)COC1CCN(C(=O)c2ccccc2)CC1. The van der Waals surface area contributed by atoms with Gasteiger partial charge < -0.3 is 9.64 Å². The van der Waals surface area contributed by atoms with Crippen LogP contribution in [0.4, 0.5) is 0 Å².